The van der Waals surface area contributed by atoms with Crippen molar-refractivity contribution >= 4 is 11.8 Å². The molecule has 1 aromatic rings. The van der Waals surface area contributed by atoms with Crippen molar-refractivity contribution < 1.29 is 9.13 Å². The molecule has 0 N–H and O–H groups in total. The summed E-state index contributed by atoms with van der Waals surface area (Å²) in [4.78, 5) is 0. The van der Waals surface area contributed by atoms with Crippen molar-refractivity contribution in [3.63, 3.8) is 0 Å². The summed E-state index contributed by atoms with van der Waals surface area (Å²) in [5.74, 6) is 1.30. The molecule has 0 fully saturated rings. The standard InChI is InChI=1S/C14H21FOS/c1-12(2)17-11-7-3-6-10-16-14-9-5-4-8-13(14)15/h4-5,8-9,12H,3,6-7,10-11H2,1-2H3. The minimum absolute atomic E-state index is 0.275. The molecule has 96 valence electrons. The third-order valence-electron chi connectivity index (χ3n) is 2.33. The Morgan fingerprint density at radius 3 is 2.65 bits per heavy atom. The molecule has 0 aromatic heterocycles. The monoisotopic (exact) mass is 256 g/mol. The first kappa shape index (κ1) is 14.4. The molecule has 0 atom stereocenters. The molecule has 1 rings (SSSR count). The highest BCUT2D eigenvalue weighted by Gasteiger charge is 2.00. The van der Waals surface area contributed by atoms with E-state index >= 15 is 0 Å². The number of para-hydroxylation sites is 1. The molecule has 0 aliphatic heterocycles. The topological polar surface area (TPSA) is 9.23 Å². The van der Waals surface area contributed by atoms with Crippen LogP contribution in [0.4, 0.5) is 4.39 Å². The maximum atomic E-state index is 13.2. The van der Waals surface area contributed by atoms with E-state index in [1.807, 2.05) is 11.8 Å². The molecule has 0 heterocycles. The van der Waals surface area contributed by atoms with Crippen LogP contribution < -0.4 is 4.74 Å². The van der Waals surface area contributed by atoms with Crippen LogP contribution in [0.2, 0.25) is 0 Å². The van der Waals surface area contributed by atoms with Gasteiger partial charge in [-0.1, -0.05) is 26.0 Å². The number of hydrogen-bond acceptors (Lipinski definition) is 2. The number of thioether (sulfide) groups is 1. The zero-order valence-corrected chi connectivity index (χ0v) is 11.4. The zero-order chi connectivity index (χ0) is 12.5. The lowest BCUT2D eigenvalue weighted by Gasteiger charge is -2.07. The van der Waals surface area contributed by atoms with E-state index in [0.29, 0.717) is 17.6 Å². The van der Waals surface area contributed by atoms with Gasteiger partial charge in [-0.25, -0.2) is 4.39 Å². The molecule has 0 aliphatic carbocycles. The second-order valence-corrected chi connectivity index (χ2v) is 5.94. The summed E-state index contributed by atoms with van der Waals surface area (Å²) in [5.41, 5.74) is 0. The number of rotatable bonds is 8. The van der Waals surface area contributed by atoms with Gasteiger partial charge >= 0.3 is 0 Å². The van der Waals surface area contributed by atoms with Gasteiger partial charge in [0, 0.05) is 0 Å². The second-order valence-electron chi connectivity index (χ2n) is 4.26. The van der Waals surface area contributed by atoms with Crippen molar-refractivity contribution in [2.45, 2.75) is 38.4 Å². The minimum Gasteiger partial charge on any atom is -0.491 e. The van der Waals surface area contributed by atoms with Gasteiger partial charge in [-0.3, -0.25) is 0 Å². The van der Waals surface area contributed by atoms with Crippen LogP contribution in [0.3, 0.4) is 0 Å². The highest BCUT2D eigenvalue weighted by Crippen LogP contribution is 2.16. The Kier molecular flexibility index (Phi) is 7.10. The van der Waals surface area contributed by atoms with Gasteiger partial charge in [0.15, 0.2) is 11.6 Å². The molecular weight excluding hydrogens is 235 g/mol. The third kappa shape index (κ3) is 6.57. The Morgan fingerprint density at radius 2 is 1.94 bits per heavy atom. The van der Waals surface area contributed by atoms with E-state index in [4.69, 9.17) is 4.74 Å². The number of ether oxygens (including phenoxy) is 1. The Balaban J connectivity index is 2.03. The molecular formula is C14H21FOS. The molecule has 0 radical (unpaired) electrons. The van der Waals surface area contributed by atoms with Gasteiger partial charge in [0.1, 0.15) is 0 Å². The maximum Gasteiger partial charge on any atom is 0.165 e. The predicted octanol–water partition coefficient (Wildman–Crippen LogP) is 4.52. The van der Waals surface area contributed by atoms with Crippen LogP contribution in [0.15, 0.2) is 24.3 Å². The summed E-state index contributed by atoms with van der Waals surface area (Å²) in [6, 6.07) is 6.56. The van der Waals surface area contributed by atoms with E-state index in [-0.39, 0.29) is 5.82 Å². The quantitative estimate of drug-likeness (QED) is 0.633. The summed E-state index contributed by atoms with van der Waals surface area (Å²) >= 11 is 1.99. The SMILES string of the molecule is CC(C)SCCCCCOc1ccccc1F. The van der Waals surface area contributed by atoms with Crippen LogP contribution in [-0.2, 0) is 0 Å². The van der Waals surface area contributed by atoms with Gasteiger partial charge in [-0.15, -0.1) is 0 Å². The summed E-state index contributed by atoms with van der Waals surface area (Å²) < 4.78 is 18.6. The number of benzene rings is 1. The van der Waals surface area contributed by atoms with Gasteiger partial charge in [0.05, 0.1) is 6.61 Å². The van der Waals surface area contributed by atoms with Gasteiger partial charge in [0.2, 0.25) is 0 Å². The number of halogens is 1. The Bertz CT molecular complexity index is 315. The lowest BCUT2D eigenvalue weighted by molar-refractivity contribution is 0.292. The fraction of sp³-hybridized carbons (Fsp3) is 0.571. The van der Waals surface area contributed by atoms with E-state index in [9.17, 15) is 4.39 Å². The van der Waals surface area contributed by atoms with Crippen molar-refractivity contribution in [2.75, 3.05) is 12.4 Å². The molecule has 0 saturated carbocycles. The largest absolute Gasteiger partial charge is 0.491 e. The molecule has 0 bridgehead atoms. The van der Waals surface area contributed by atoms with Gasteiger partial charge in [-0.2, -0.15) is 11.8 Å². The summed E-state index contributed by atoms with van der Waals surface area (Å²) in [6.45, 7) is 5.03. The number of hydrogen-bond donors (Lipinski definition) is 0. The summed E-state index contributed by atoms with van der Waals surface area (Å²) in [7, 11) is 0. The van der Waals surface area contributed by atoms with Crippen molar-refractivity contribution in [1.29, 1.82) is 0 Å². The Hall–Kier alpha value is -0.700. The Labute approximate surface area is 108 Å². The van der Waals surface area contributed by atoms with Gasteiger partial charge < -0.3 is 4.74 Å². The van der Waals surface area contributed by atoms with Crippen molar-refractivity contribution in [3.05, 3.63) is 30.1 Å². The zero-order valence-electron chi connectivity index (χ0n) is 10.6. The molecule has 0 spiro atoms. The molecule has 0 aliphatic rings. The third-order valence-corrected chi connectivity index (χ3v) is 3.53. The fourth-order valence-corrected chi connectivity index (χ4v) is 2.29. The molecule has 0 saturated heterocycles. The molecule has 1 aromatic carbocycles. The predicted molar refractivity (Wildman–Crippen MR) is 73.3 cm³/mol. The molecule has 17 heavy (non-hydrogen) atoms. The van der Waals surface area contributed by atoms with Crippen molar-refractivity contribution in [1.82, 2.24) is 0 Å². The van der Waals surface area contributed by atoms with Crippen molar-refractivity contribution in [2.24, 2.45) is 0 Å². The van der Waals surface area contributed by atoms with E-state index in [1.165, 1.54) is 18.2 Å². The van der Waals surface area contributed by atoms with Crippen LogP contribution in [-0.4, -0.2) is 17.6 Å². The molecule has 0 unspecified atom stereocenters. The lowest BCUT2D eigenvalue weighted by atomic mass is 10.2. The normalized spacial score (nSPS) is 10.8. The average molecular weight is 256 g/mol. The number of unbranched alkanes of at least 4 members (excludes halogenated alkanes) is 2. The van der Waals surface area contributed by atoms with E-state index in [0.717, 1.165) is 12.8 Å². The van der Waals surface area contributed by atoms with E-state index in [1.54, 1.807) is 18.2 Å². The minimum atomic E-state index is -0.275. The summed E-state index contributed by atoms with van der Waals surface area (Å²) in [6.07, 6.45) is 3.35. The highest BCUT2D eigenvalue weighted by molar-refractivity contribution is 7.99. The molecule has 1 nitrogen and oxygen atoms in total. The second kappa shape index (κ2) is 8.40. The fourth-order valence-electron chi connectivity index (χ4n) is 1.44. The van der Waals surface area contributed by atoms with Gasteiger partial charge in [-0.05, 0) is 42.4 Å². The summed E-state index contributed by atoms with van der Waals surface area (Å²) in [5, 5.41) is 0.713. The maximum absolute atomic E-state index is 13.2. The van der Waals surface area contributed by atoms with Crippen LogP contribution in [0.1, 0.15) is 33.1 Å². The van der Waals surface area contributed by atoms with Crippen LogP contribution in [0, 0.1) is 5.82 Å². The first-order valence-electron chi connectivity index (χ1n) is 6.19. The van der Waals surface area contributed by atoms with Gasteiger partial charge in [0.25, 0.3) is 0 Å². The lowest BCUT2D eigenvalue weighted by Crippen LogP contribution is -1.99. The van der Waals surface area contributed by atoms with Crippen LogP contribution in [0.25, 0.3) is 0 Å². The smallest absolute Gasteiger partial charge is 0.165 e. The highest BCUT2D eigenvalue weighted by atomic mass is 32.2. The average Bonchev–Trinajstić information content (AvgIpc) is 2.30. The van der Waals surface area contributed by atoms with E-state index in [2.05, 4.69) is 13.8 Å². The first-order valence-corrected chi connectivity index (χ1v) is 7.24. The van der Waals surface area contributed by atoms with E-state index < -0.39 is 0 Å². The molecule has 0 amide bonds. The van der Waals surface area contributed by atoms with Crippen LogP contribution >= 0.6 is 11.8 Å². The molecule has 3 heteroatoms. The van der Waals surface area contributed by atoms with Crippen LogP contribution in [0.5, 0.6) is 5.75 Å². The van der Waals surface area contributed by atoms with Crippen molar-refractivity contribution in [3.8, 4) is 5.75 Å². The first-order chi connectivity index (χ1) is 8.20. The Morgan fingerprint density at radius 1 is 1.18 bits per heavy atom.